The van der Waals surface area contributed by atoms with Crippen LogP contribution in [-0.2, 0) is 6.42 Å². The van der Waals surface area contributed by atoms with Crippen molar-refractivity contribution in [2.75, 3.05) is 0 Å². The lowest BCUT2D eigenvalue weighted by atomic mass is 10.0. The van der Waals surface area contributed by atoms with Gasteiger partial charge in [0.1, 0.15) is 5.82 Å². The molecule has 0 fully saturated rings. The van der Waals surface area contributed by atoms with E-state index >= 15 is 0 Å². The van der Waals surface area contributed by atoms with Gasteiger partial charge in [0.05, 0.1) is 5.02 Å². The van der Waals surface area contributed by atoms with Crippen molar-refractivity contribution in [3.63, 3.8) is 0 Å². The highest BCUT2D eigenvalue weighted by Gasteiger charge is 2.09. The van der Waals surface area contributed by atoms with Gasteiger partial charge in [0.15, 0.2) is 0 Å². The lowest BCUT2D eigenvalue weighted by Crippen LogP contribution is -2.13. The maximum atomic E-state index is 13.3. The maximum Gasteiger partial charge on any atom is 0.142 e. The van der Waals surface area contributed by atoms with E-state index < -0.39 is 5.82 Å². The normalized spacial score (nSPS) is 12.4. The predicted octanol–water partition coefficient (Wildman–Crippen LogP) is 3.43. The van der Waals surface area contributed by atoms with Crippen molar-refractivity contribution in [2.45, 2.75) is 19.4 Å². The SMILES string of the molecule is Cc1ccc(C(N)Cc2ccc(Cl)c(F)c2)cn1. The number of pyridine rings is 1. The topological polar surface area (TPSA) is 38.9 Å². The molecule has 1 aromatic carbocycles. The monoisotopic (exact) mass is 264 g/mol. The maximum absolute atomic E-state index is 13.3. The zero-order chi connectivity index (χ0) is 13.1. The Balaban J connectivity index is 2.13. The van der Waals surface area contributed by atoms with Gasteiger partial charge in [-0.15, -0.1) is 0 Å². The Hall–Kier alpha value is -1.45. The standard InChI is InChI=1S/C14H14ClFN2/c1-9-2-4-11(8-18-9)14(17)7-10-3-5-12(15)13(16)6-10/h2-6,8,14H,7,17H2,1H3. The van der Waals surface area contributed by atoms with Gasteiger partial charge in [-0.3, -0.25) is 4.98 Å². The molecule has 0 amide bonds. The Labute approximate surface area is 111 Å². The first-order valence-electron chi connectivity index (χ1n) is 5.68. The Bertz CT molecular complexity index is 540. The minimum Gasteiger partial charge on any atom is -0.324 e. The minimum atomic E-state index is -0.414. The summed E-state index contributed by atoms with van der Waals surface area (Å²) in [6.07, 6.45) is 2.31. The van der Waals surface area contributed by atoms with Crippen molar-refractivity contribution in [3.05, 3.63) is 64.2 Å². The fraction of sp³-hybridized carbons (Fsp3) is 0.214. The highest BCUT2D eigenvalue weighted by molar-refractivity contribution is 6.30. The molecular weight excluding hydrogens is 251 g/mol. The first kappa shape index (κ1) is 13.0. The molecule has 0 bridgehead atoms. The molecule has 0 aliphatic rings. The van der Waals surface area contributed by atoms with Gasteiger partial charge in [-0.05, 0) is 42.7 Å². The fourth-order valence-electron chi connectivity index (χ4n) is 1.74. The summed E-state index contributed by atoms with van der Waals surface area (Å²) in [5.74, 6) is -0.414. The van der Waals surface area contributed by atoms with E-state index in [4.69, 9.17) is 17.3 Å². The van der Waals surface area contributed by atoms with Crippen molar-refractivity contribution in [3.8, 4) is 0 Å². The third kappa shape index (κ3) is 3.06. The van der Waals surface area contributed by atoms with E-state index in [1.165, 1.54) is 6.07 Å². The summed E-state index contributed by atoms with van der Waals surface area (Å²) in [5.41, 5.74) is 8.78. The van der Waals surface area contributed by atoms with Crippen molar-refractivity contribution < 1.29 is 4.39 Å². The van der Waals surface area contributed by atoms with Crippen molar-refractivity contribution in [1.29, 1.82) is 0 Å². The van der Waals surface area contributed by atoms with Crippen LogP contribution in [0, 0.1) is 12.7 Å². The molecule has 2 aromatic rings. The molecule has 0 radical (unpaired) electrons. The zero-order valence-corrected chi connectivity index (χ0v) is 10.8. The molecule has 0 saturated heterocycles. The quantitative estimate of drug-likeness (QED) is 0.923. The second-order valence-electron chi connectivity index (χ2n) is 4.29. The number of rotatable bonds is 3. The Morgan fingerprint density at radius 2 is 2.11 bits per heavy atom. The van der Waals surface area contributed by atoms with Crippen LogP contribution in [0.25, 0.3) is 0 Å². The first-order valence-corrected chi connectivity index (χ1v) is 6.06. The van der Waals surface area contributed by atoms with Crippen LogP contribution >= 0.6 is 11.6 Å². The van der Waals surface area contributed by atoms with E-state index in [0.717, 1.165) is 16.8 Å². The van der Waals surface area contributed by atoms with E-state index in [0.29, 0.717) is 6.42 Å². The van der Waals surface area contributed by atoms with Gasteiger partial charge < -0.3 is 5.73 Å². The molecule has 18 heavy (non-hydrogen) atoms. The number of nitrogens with zero attached hydrogens (tertiary/aromatic N) is 1. The Morgan fingerprint density at radius 3 is 2.72 bits per heavy atom. The van der Waals surface area contributed by atoms with Crippen LogP contribution < -0.4 is 5.73 Å². The molecule has 1 heterocycles. The third-order valence-electron chi connectivity index (χ3n) is 2.80. The van der Waals surface area contributed by atoms with E-state index in [-0.39, 0.29) is 11.1 Å². The van der Waals surface area contributed by atoms with Gasteiger partial charge in [-0.2, -0.15) is 0 Å². The molecule has 1 aromatic heterocycles. The smallest absolute Gasteiger partial charge is 0.142 e. The highest BCUT2D eigenvalue weighted by Crippen LogP contribution is 2.20. The molecule has 94 valence electrons. The lowest BCUT2D eigenvalue weighted by Gasteiger charge is -2.12. The third-order valence-corrected chi connectivity index (χ3v) is 3.11. The van der Waals surface area contributed by atoms with Crippen LogP contribution in [0.4, 0.5) is 4.39 Å². The van der Waals surface area contributed by atoms with Crippen LogP contribution in [-0.4, -0.2) is 4.98 Å². The second kappa shape index (κ2) is 5.46. The van der Waals surface area contributed by atoms with Gasteiger partial charge in [0, 0.05) is 17.9 Å². The molecule has 0 aliphatic heterocycles. The summed E-state index contributed by atoms with van der Waals surface area (Å²) in [7, 11) is 0. The molecule has 2 N–H and O–H groups in total. The van der Waals surface area contributed by atoms with Gasteiger partial charge >= 0.3 is 0 Å². The van der Waals surface area contributed by atoms with Gasteiger partial charge in [0.2, 0.25) is 0 Å². The van der Waals surface area contributed by atoms with Gasteiger partial charge in [-0.1, -0.05) is 23.7 Å². The number of aromatic nitrogens is 1. The molecule has 4 heteroatoms. The van der Waals surface area contributed by atoms with Crippen molar-refractivity contribution >= 4 is 11.6 Å². The molecule has 2 nitrogen and oxygen atoms in total. The summed E-state index contributed by atoms with van der Waals surface area (Å²) < 4.78 is 13.3. The Morgan fingerprint density at radius 1 is 1.33 bits per heavy atom. The summed E-state index contributed by atoms with van der Waals surface area (Å²) in [6, 6.07) is 8.42. The van der Waals surface area contributed by atoms with Crippen LogP contribution in [0.3, 0.4) is 0 Å². The van der Waals surface area contributed by atoms with E-state index in [2.05, 4.69) is 4.98 Å². The first-order chi connectivity index (χ1) is 8.56. The number of nitrogens with two attached hydrogens (primary N) is 1. The van der Waals surface area contributed by atoms with Gasteiger partial charge in [-0.25, -0.2) is 4.39 Å². The minimum absolute atomic E-state index is 0.129. The lowest BCUT2D eigenvalue weighted by molar-refractivity contribution is 0.622. The summed E-state index contributed by atoms with van der Waals surface area (Å²) in [5, 5.41) is 0.129. The molecule has 0 spiro atoms. The van der Waals surface area contributed by atoms with Crippen LogP contribution in [0.5, 0.6) is 0 Å². The highest BCUT2D eigenvalue weighted by atomic mass is 35.5. The van der Waals surface area contributed by atoms with Crippen molar-refractivity contribution in [1.82, 2.24) is 4.98 Å². The average Bonchev–Trinajstić information content (AvgIpc) is 2.34. The summed E-state index contributed by atoms with van der Waals surface area (Å²) >= 11 is 5.64. The van der Waals surface area contributed by atoms with Crippen LogP contribution in [0.1, 0.15) is 22.9 Å². The van der Waals surface area contributed by atoms with Crippen LogP contribution in [0.2, 0.25) is 5.02 Å². The summed E-state index contributed by atoms with van der Waals surface area (Å²) in [4.78, 5) is 4.20. The molecule has 1 unspecified atom stereocenters. The predicted molar refractivity (Wildman–Crippen MR) is 71.0 cm³/mol. The number of halogens is 2. The zero-order valence-electron chi connectivity index (χ0n) is 10.0. The fourth-order valence-corrected chi connectivity index (χ4v) is 1.85. The van der Waals surface area contributed by atoms with Crippen molar-refractivity contribution in [2.24, 2.45) is 5.73 Å². The second-order valence-corrected chi connectivity index (χ2v) is 4.70. The van der Waals surface area contributed by atoms with E-state index in [1.807, 2.05) is 19.1 Å². The molecule has 0 aliphatic carbocycles. The van der Waals surface area contributed by atoms with Gasteiger partial charge in [0.25, 0.3) is 0 Å². The number of hydrogen-bond donors (Lipinski definition) is 1. The number of benzene rings is 1. The van der Waals surface area contributed by atoms with E-state index in [9.17, 15) is 4.39 Å². The Kier molecular flexibility index (Phi) is 3.94. The molecular formula is C14H14ClFN2. The number of aryl methyl sites for hydroxylation is 1. The molecule has 2 rings (SSSR count). The van der Waals surface area contributed by atoms with Crippen LogP contribution in [0.15, 0.2) is 36.5 Å². The molecule has 1 atom stereocenters. The largest absolute Gasteiger partial charge is 0.324 e. The van der Waals surface area contributed by atoms with E-state index in [1.54, 1.807) is 18.3 Å². The average molecular weight is 265 g/mol. The number of hydrogen-bond acceptors (Lipinski definition) is 2. The summed E-state index contributed by atoms with van der Waals surface area (Å²) in [6.45, 7) is 1.92. The molecule has 0 saturated carbocycles.